The van der Waals surface area contributed by atoms with Crippen molar-refractivity contribution in [2.24, 2.45) is 16.8 Å². The summed E-state index contributed by atoms with van der Waals surface area (Å²) in [5.41, 5.74) is 3.70. The van der Waals surface area contributed by atoms with E-state index in [1.165, 1.54) is 6.42 Å². The number of carbonyl (C=O) groups is 2. The molecule has 0 bridgehead atoms. The first-order chi connectivity index (χ1) is 16.0. The maximum Gasteiger partial charge on any atom is 0.409 e. The lowest BCUT2D eigenvalue weighted by molar-refractivity contribution is -0.120. The van der Waals surface area contributed by atoms with E-state index in [-0.39, 0.29) is 24.3 Å². The van der Waals surface area contributed by atoms with E-state index < -0.39 is 12.3 Å². The van der Waals surface area contributed by atoms with Crippen LogP contribution >= 0.6 is 0 Å². The largest absolute Gasteiger partial charge is 0.445 e. The van der Waals surface area contributed by atoms with E-state index in [1.54, 1.807) is 4.90 Å². The van der Waals surface area contributed by atoms with Crippen molar-refractivity contribution < 1.29 is 14.3 Å². The summed E-state index contributed by atoms with van der Waals surface area (Å²) in [4.78, 5) is 33.0. The molecule has 0 radical (unpaired) electrons. The van der Waals surface area contributed by atoms with Crippen LogP contribution in [0.3, 0.4) is 0 Å². The van der Waals surface area contributed by atoms with Crippen LogP contribution in [0.2, 0.25) is 0 Å². The molecule has 174 valence electrons. The zero-order valence-corrected chi connectivity index (χ0v) is 19.5. The van der Waals surface area contributed by atoms with Crippen LogP contribution in [0.15, 0.2) is 59.6 Å². The summed E-state index contributed by atoms with van der Waals surface area (Å²) in [5, 5.41) is 2.75. The minimum Gasteiger partial charge on any atom is -0.445 e. The second kappa shape index (κ2) is 10.6. The van der Waals surface area contributed by atoms with E-state index in [1.807, 2.05) is 48.5 Å². The van der Waals surface area contributed by atoms with Crippen molar-refractivity contribution >= 4 is 23.4 Å². The van der Waals surface area contributed by atoms with Crippen LogP contribution in [0, 0.1) is 11.8 Å². The number of ether oxygens (including phenoxy) is 1. The van der Waals surface area contributed by atoms with Gasteiger partial charge in [-0.1, -0.05) is 81.6 Å². The fourth-order valence-corrected chi connectivity index (χ4v) is 4.68. The van der Waals surface area contributed by atoms with Gasteiger partial charge in [-0.25, -0.2) is 4.79 Å². The Morgan fingerprint density at radius 1 is 1.06 bits per heavy atom. The Bertz CT molecular complexity index is 997. The van der Waals surface area contributed by atoms with Gasteiger partial charge in [-0.3, -0.25) is 15.1 Å². The van der Waals surface area contributed by atoms with Crippen LogP contribution in [0.1, 0.15) is 57.1 Å². The quantitative estimate of drug-likeness (QED) is 0.652. The van der Waals surface area contributed by atoms with Gasteiger partial charge in [0.1, 0.15) is 6.61 Å². The van der Waals surface area contributed by atoms with Gasteiger partial charge in [0.05, 0.1) is 11.4 Å². The third-order valence-corrected chi connectivity index (χ3v) is 6.25. The monoisotopic (exact) mass is 447 g/mol. The standard InChI is InChI=1S/C27H33N3O3/c1-19(2)17-30-23-16-10-9-15-22(23)24(21-13-7-4-8-14-21)28-25(26(30)31)29-27(32)33-18-20-11-5-3-6-12-20/h3,5-6,9-12,15-16,19,21,25H,4,7-8,13-14,17-18H2,1-2H3,(H,29,32)/t25-/m1/s1. The summed E-state index contributed by atoms with van der Waals surface area (Å²) < 4.78 is 5.40. The maximum absolute atomic E-state index is 13.6. The van der Waals surface area contributed by atoms with Crippen molar-refractivity contribution in [1.29, 1.82) is 0 Å². The number of rotatable bonds is 6. The molecule has 1 aliphatic carbocycles. The molecule has 0 aromatic heterocycles. The van der Waals surface area contributed by atoms with Crippen molar-refractivity contribution in [3.8, 4) is 0 Å². The minimum atomic E-state index is -1.00. The summed E-state index contributed by atoms with van der Waals surface area (Å²) in [6.07, 6.45) is 4.01. The molecule has 6 heteroatoms. The molecule has 33 heavy (non-hydrogen) atoms. The molecule has 1 aliphatic heterocycles. The number of para-hydroxylation sites is 1. The Morgan fingerprint density at radius 2 is 1.76 bits per heavy atom. The molecular weight excluding hydrogens is 414 g/mol. The molecule has 1 saturated carbocycles. The third-order valence-electron chi connectivity index (χ3n) is 6.25. The van der Waals surface area contributed by atoms with Crippen molar-refractivity contribution in [1.82, 2.24) is 5.32 Å². The predicted molar refractivity (Wildman–Crippen MR) is 130 cm³/mol. The average Bonchev–Trinajstić information content (AvgIpc) is 2.94. The van der Waals surface area contributed by atoms with Gasteiger partial charge in [0.2, 0.25) is 6.17 Å². The number of nitrogens with zero attached hydrogens (tertiary/aromatic N) is 2. The van der Waals surface area contributed by atoms with Crippen LogP contribution < -0.4 is 10.2 Å². The molecule has 2 aromatic rings. The topological polar surface area (TPSA) is 71.0 Å². The highest BCUT2D eigenvalue weighted by Crippen LogP contribution is 2.34. The molecule has 6 nitrogen and oxygen atoms in total. The lowest BCUT2D eigenvalue weighted by Crippen LogP contribution is -2.48. The van der Waals surface area contributed by atoms with Crippen LogP contribution in [0.25, 0.3) is 0 Å². The minimum absolute atomic E-state index is 0.142. The zero-order valence-electron chi connectivity index (χ0n) is 19.5. The Kier molecular flexibility index (Phi) is 7.43. The van der Waals surface area contributed by atoms with Crippen LogP contribution in [0.4, 0.5) is 10.5 Å². The molecule has 2 amide bonds. The van der Waals surface area contributed by atoms with Crippen molar-refractivity contribution in [2.75, 3.05) is 11.4 Å². The van der Waals surface area contributed by atoms with Gasteiger partial charge in [0.15, 0.2) is 0 Å². The summed E-state index contributed by atoms with van der Waals surface area (Å²) in [5.74, 6) is 0.332. The van der Waals surface area contributed by atoms with Gasteiger partial charge < -0.3 is 9.64 Å². The SMILES string of the molecule is CC(C)CN1C(=O)[C@@H](NC(=O)OCc2ccccc2)N=C(C2CCCCC2)c2ccccc21. The van der Waals surface area contributed by atoms with Crippen LogP contribution in [-0.4, -0.2) is 30.4 Å². The van der Waals surface area contributed by atoms with Gasteiger partial charge >= 0.3 is 6.09 Å². The van der Waals surface area contributed by atoms with Gasteiger partial charge in [-0.15, -0.1) is 0 Å². The number of hydrogen-bond acceptors (Lipinski definition) is 4. The number of anilines is 1. The van der Waals surface area contributed by atoms with E-state index in [9.17, 15) is 9.59 Å². The predicted octanol–water partition coefficient (Wildman–Crippen LogP) is 5.31. The fraction of sp³-hybridized carbons (Fsp3) is 0.444. The Morgan fingerprint density at radius 3 is 2.48 bits per heavy atom. The number of nitrogens with one attached hydrogen (secondary N) is 1. The van der Waals surface area contributed by atoms with Gasteiger partial charge in [-0.2, -0.15) is 0 Å². The third kappa shape index (κ3) is 5.62. The molecule has 0 unspecified atom stereocenters. The van der Waals surface area contributed by atoms with Gasteiger partial charge in [-0.05, 0) is 30.4 Å². The number of benzene rings is 2. The van der Waals surface area contributed by atoms with Crippen LogP contribution in [0.5, 0.6) is 0 Å². The smallest absolute Gasteiger partial charge is 0.409 e. The van der Waals surface area contributed by atoms with E-state index in [0.29, 0.717) is 6.54 Å². The van der Waals surface area contributed by atoms with E-state index in [4.69, 9.17) is 9.73 Å². The van der Waals surface area contributed by atoms with E-state index >= 15 is 0 Å². The number of hydrogen-bond donors (Lipinski definition) is 1. The highest BCUT2D eigenvalue weighted by Gasteiger charge is 2.35. The Hall–Kier alpha value is -3.15. The normalized spacial score (nSPS) is 19.0. The summed E-state index contributed by atoms with van der Waals surface area (Å²) in [6.45, 7) is 4.86. The lowest BCUT2D eigenvalue weighted by atomic mass is 9.82. The molecule has 1 N–H and O–H groups in total. The number of carbonyl (C=O) groups excluding carboxylic acids is 2. The molecule has 2 aliphatic rings. The first-order valence-electron chi connectivity index (χ1n) is 12.0. The molecule has 0 spiro atoms. The second-order valence-corrected chi connectivity index (χ2v) is 9.32. The zero-order chi connectivity index (χ0) is 23.2. The van der Waals surface area contributed by atoms with Crippen LogP contribution in [-0.2, 0) is 16.1 Å². The second-order valence-electron chi connectivity index (χ2n) is 9.32. The fourth-order valence-electron chi connectivity index (χ4n) is 4.68. The molecule has 4 rings (SSSR count). The number of fused-ring (bicyclic) bond motifs is 1. The summed E-state index contributed by atoms with van der Waals surface area (Å²) in [7, 11) is 0. The van der Waals surface area contributed by atoms with Crippen molar-refractivity contribution in [2.45, 2.75) is 58.7 Å². The molecule has 1 heterocycles. The summed E-state index contributed by atoms with van der Waals surface area (Å²) in [6, 6.07) is 17.5. The molecule has 0 saturated heterocycles. The Labute approximate surface area is 196 Å². The van der Waals surface area contributed by atoms with E-state index in [0.717, 1.165) is 48.2 Å². The Balaban J connectivity index is 1.62. The highest BCUT2D eigenvalue weighted by atomic mass is 16.5. The lowest BCUT2D eigenvalue weighted by Gasteiger charge is -2.27. The number of benzodiazepines with no additional fused rings is 1. The average molecular weight is 448 g/mol. The first kappa shape index (κ1) is 23.0. The highest BCUT2D eigenvalue weighted by molar-refractivity contribution is 6.14. The summed E-state index contributed by atoms with van der Waals surface area (Å²) >= 11 is 0. The van der Waals surface area contributed by atoms with Crippen molar-refractivity contribution in [3.05, 3.63) is 65.7 Å². The number of alkyl carbamates (subject to hydrolysis) is 1. The molecule has 1 fully saturated rings. The number of aliphatic imine (C=N–C) groups is 1. The van der Waals surface area contributed by atoms with E-state index in [2.05, 4.69) is 25.2 Å². The molecule has 2 aromatic carbocycles. The molecular formula is C27H33N3O3. The first-order valence-corrected chi connectivity index (χ1v) is 12.0. The van der Waals surface area contributed by atoms with Gasteiger partial charge in [0, 0.05) is 18.0 Å². The molecule has 1 atom stereocenters. The number of amides is 2. The van der Waals surface area contributed by atoms with Crippen molar-refractivity contribution in [3.63, 3.8) is 0 Å². The maximum atomic E-state index is 13.6. The van der Waals surface area contributed by atoms with Gasteiger partial charge in [0.25, 0.3) is 5.91 Å².